The van der Waals surface area contributed by atoms with Gasteiger partial charge in [-0.15, -0.1) is 11.3 Å². The number of benzene rings is 2. The molecule has 3 aromatic rings. The standard InChI is InChI=1S/C24H25ClN2O3S/c1-26(14-19-10-16-4-2-3-5-23(16)31-19)18-6-7-24(28)27(9-8-18)13-17-11-21-22(12-20(17)25)30-15-29-21/h2-5,10-12,18H,6-9,13-15H2,1H3. The van der Waals surface area contributed by atoms with E-state index in [1.807, 2.05) is 22.3 Å². The molecule has 5 rings (SSSR count). The third-order valence-corrected chi connectivity index (χ3v) is 7.64. The highest BCUT2D eigenvalue weighted by Crippen LogP contribution is 2.37. The summed E-state index contributed by atoms with van der Waals surface area (Å²) in [5, 5.41) is 1.92. The van der Waals surface area contributed by atoms with E-state index in [0.717, 1.165) is 31.5 Å². The highest BCUT2D eigenvalue weighted by Gasteiger charge is 2.26. The summed E-state index contributed by atoms with van der Waals surface area (Å²) in [4.78, 5) is 18.5. The fourth-order valence-electron chi connectivity index (χ4n) is 4.41. The number of hydrogen-bond donors (Lipinski definition) is 0. The van der Waals surface area contributed by atoms with Gasteiger partial charge in [0.2, 0.25) is 12.7 Å². The molecule has 1 aromatic heterocycles. The molecule has 162 valence electrons. The third kappa shape index (κ3) is 4.38. The van der Waals surface area contributed by atoms with Gasteiger partial charge in [-0.05, 0) is 49.0 Å². The van der Waals surface area contributed by atoms with Crippen LogP contribution in [0.2, 0.25) is 5.02 Å². The predicted molar refractivity (Wildman–Crippen MR) is 124 cm³/mol. The van der Waals surface area contributed by atoms with Crippen LogP contribution in [0.25, 0.3) is 10.1 Å². The van der Waals surface area contributed by atoms with E-state index in [1.54, 1.807) is 6.07 Å². The minimum absolute atomic E-state index is 0.187. The van der Waals surface area contributed by atoms with Crippen molar-refractivity contribution in [3.63, 3.8) is 0 Å². The number of amides is 1. The van der Waals surface area contributed by atoms with E-state index in [9.17, 15) is 4.79 Å². The van der Waals surface area contributed by atoms with Gasteiger partial charge in [-0.3, -0.25) is 9.69 Å². The molecule has 3 heterocycles. The number of hydrogen-bond acceptors (Lipinski definition) is 5. The maximum absolute atomic E-state index is 12.8. The first kappa shape index (κ1) is 20.6. The molecule has 0 aliphatic carbocycles. The highest BCUT2D eigenvalue weighted by atomic mass is 35.5. The van der Waals surface area contributed by atoms with Crippen molar-refractivity contribution in [3.8, 4) is 11.5 Å². The van der Waals surface area contributed by atoms with Crippen molar-refractivity contribution in [1.82, 2.24) is 9.80 Å². The van der Waals surface area contributed by atoms with E-state index in [4.69, 9.17) is 21.1 Å². The molecular weight excluding hydrogens is 432 g/mol. The second-order valence-electron chi connectivity index (χ2n) is 8.26. The van der Waals surface area contributed by atoms with Crippen molar-refractivity contribution in [1.29, 1.82) is 0 Å². The molecular formula is C24H25ClN2O3S. The van der Waals surface area contributed by atoms with Gasteiger partial charge < -0.3 is 14.4 Å². The average Bonchev–Trinajstić information content (AvgIpc) is 3.33. The van der Waals surface area contributed by atoms with Gasteiger partial charge >= 0.3 is 0 Å². The number of carbonyl (C=O) groups excluding carboxylic acids is 1. The average molecular weight is 457 g/mol. The molecule has 31 heavy (non-hydrogen) atoms. The molecule has 1 amide bonds. The summed E-state index contributed by atoms with van der Waals surface area (Å²) >= 11 is 8.29. The molecule has 7 heteroatoms. The normalized spacial score (nSPS) is 18.7. The zero-order valence-corrected chi connectivity index (χ0v) is 19.0. The summed E-state index contributed by atoms with van der Waals surface area (Å²) in [6.45, 7) is 2.35. The van der Waals surface area contributed by atoms with Crippen molar-refractivity contribution >= 4 is 38.9 Å². The first-order valence-electron chi connectivity index (χ1n) is 10.6. The third-order valence-electron chi connectivity index (χ3n) is 6.18. The van der Waals surface area contributed by atoms with Crippen LogP contribution >= 0.6 is 22.9 Å². The first-order chi connectivity index (χ1) is 15.1. The molecule has 0 N–H and O–H groups in total. The minimum atomic E-state index is 0.187. The Morgan fingerprint density at radius 1 is 1.16 bits per heavy atom. The summed E-state index contributed by atoms with van der Waals surface area (Å²) in [5.41, 5.74) is 0.899. The molecule has 2 aliphatic heterocycles. The number of likely N-dealkylation sites (tertiary alicyclic amines) is 1. The molecule has 1 unspecified atom stereocenters. The van der Waals surface area contributed by atoms with Crippen LogP contribution in [0.5, 0.6) is 11.5 Å². The Bertz CT molecular complexity index is 1080. The van der Waals surface area contributed by atoms with Crippen molar-refractivity contribution in [2.24, 2.45) is 0 Å². The number of fused-ring (bicyclic) bond motifs is 2. The SMILES string of the molecule is CN(Cc1cc2ccccc2s1)C1CCC(=O)N(Cc2cc3c(cc2Cl)OCO3)CC1. The number of halogens is 1. The summed E-state index contributed by atoms with van der Waals surface area (Å²) in [6.07, 6.45) is 2.39. The van der Waals surface area contributed by atoms with Crippen molar-refractivity contribution in [2.45, 2.75) is 38.4 Å². The van der Waals surface area contributed by atoms with Crippen molar-refractivity contribution < 1.29 is 14.3 Å². The Hall–Kier alpha value is -2.28. The summed E-state index contributed by atoms with van der Waals surface area (Å²) in [7, 11) is 2.17. The van der Waals surface area contributed by atoms with E-state index in [2.05, 4.69) is 42.3 Å². The zero-order chi connectivity index (χ0) is 21.4. The van der Waals surface area contributed by atoms with Gasteiger partial charge in [0.25, 0.3) is 0 Å². The lowest BCUT2D eigenvalue weighted by Crippen LogP contribution is -2.33. The molecule has 0 radical (unpaired) electrons. The number of ether oxygens (including phenoxy) is 2. The lowest BCUT2D eigenvalue weighted by molar-refractivity contribution is -0.131. The molecule has 0 spiro atoms. The number of carbonyl (C=O) groups is 1. The van der Waals surface area contributed by atoms with E-state index in [0.29, 0.717) is 35.5 Å². The second kappa shape index (κ2) is 8.69. The molecule has 5 nitrogen and oxygen atoms in total. The van der Waals surface area contributed by atoms with E-state index < -0.39 is 0 Å². The van der Waals surface area contributed by atoms with Crippen LogP contribution in [0.3, 0.4) is 0 Å². The monoisotopic (exact) mass is 456 g/mol. The Labute approximate surface area is 191 Å². The largest absolute Gasteiger partial charge is 0.454 e. The smallest absolute Gasteiger partial charge is 0.231 e. The molecule has 0 saturated carbocycles. The number of nitrogens with zero attached hydrogens (tertiary/aromatic N) is 2. The molecule has 0 bridgehead atoms. The van der Waals surface area contributed by atoms with Crippen LogP contribution in [0.1, 0.15) is 29.7 Å². The summed E-state index contributed by atoms with van der Waals surface area (Å²) in [5.74, 6) is 1.55. The number of rotatable bonds is 5. The van der Waals surface area contributed by atoms with E-state index in [-0.39, 0.29) is 12.7 Å². The lowest BCUT2D eigenvalue weighted by Gasteiger charge is -2.27. The lowest BCUT2D eigenvalue weighted by atomic mass is 10.1. The first-order valence-corrected chi connectivity index (χ1v) is 11.8. The summed E-state index contributed by atoms with van der Waals surface area (Å²) in [6, 6.07) is 14.9. The maximum atomic E-state index is 12.8. The van der Waals surface area contributed by atoms with Crippen LogP contribution < -0.4 is 9.47 Å². The predicted octanol–water partition coefficient (Wildman–Crippen LogP) is 5.30. The van der Waals surface area contributed by atoms with Gasteiger partial charge in [-0.25, -0.2) is 0 Å². The van der Waals surface area contributed by atoms with E-state index >= 15 is 0 Å². The van der Waals surface area contributed by atoms with Crippen molar-refractivity contribution in [3.05, 3.63) is 57.9 Å². The van der Waals surface area contributed by atoms with E-state index in [1.165, 1.54) is 15.0 Å². The van der Waals surface area contributed by atoms with Gasteiger partial charge in [0.1, 0.15) is 0 Å². The Kier molecular flexibility index (Phi) is 5.78. The maximum Gasteiger partial charge on any atom is 0.231 e. The van der Waals surface area contributed by atoms with Crippen LogP contribution in [-0.4, -0.2) is 42.1 Å². The van der Waals surface area contributed by atoms with Gasteiger partial charge in [0, 0.05) is 52.8 Å². The van der Waals surface area contributed by atoms with Gasteiger partial charge in [-0.1, -0.05) is 29.8 Å². The Morgan fingerprint density at radius 2 is 1.97 bits per heavy atom. The zero-order valence-electron chi connectivity index (χ0n) is 17.5. The summed E-state index contributed by atoms with van der Waals surface area (Å²) < 4.78 is 12.2. The van der Waals surface area contributed by atoms with Crippen molar-refractivity contribution in [2.75, 3.05) is 20.4 Å². The Morgan fingerprint density at radius 3 is 2.81 bits per heavy atom. The minimum Gasteiger partial charge on any atom is -0.454 e. The van der Waals surface area contributed by atoms with Crippen LogP contribution in [0, 0.1) is 0 Å². The number of thiophene rings is 1. The topological polar surface area (TPSA) is 42.0 Å². The van der Waals surface area contributed by atoms with Crippen LogP contribution in [0.15, 0.2) is 42.5 Å². The van der Waals surface area contributed by atoms with Gasteiger partial charge in [-0.2, -0.15) is 0 Å². The molecule has 2 aromatic carbocycles. The van der Waals surface area contributed by atoms with Gasteiger partial charge in [0.15, 0.2) is 11.5 Å². The molecule has 2 aliphatic rings. The van der Waals surface area contributed by atoms with Crippen LogP contribution in [0.4, 0.5) is 0 Å². The quantitative estimate of drug-likeness (QED) is 0.522. The highest BCUT2D eigenvalue weighted by molar-refractivity contribution is 7.19. The van der Waals surface area contributed by atoms with Gasteiger partial charge in [0.05, 0.1) is 0 Å². The van der Waals surface area contributed by atoms with Crippen LogP contribution in [-0.2, 0) is 17.9 Å². The fraction of sp³-hybridized carbons (Fsp3) is 0.375. The molecule has 1 saturated heterocycles. The molecule has 1 fully saturated rings. The Balaban J connectivity index is 1.24. The second-order valence-corrected chi connectivity index (χ2v) is 9.83. The fourth-order valence-corrected chi connectivity index (χ4v) is 5.75. The molecule has 1 atom stereocenters.